The monoisotopic (exact) mass is 555 g/mol. The second kappa shape index (κ2) is 9.46. The van der Waals surface area contributed by atoms with Crippen molar-refractivity contribution in [1.29, 1.82) is 0 Å². The van der Waals surface area contributed by atoms with Crippen LogP contribution in [0.2, 0.25) is 0 Å². The number of aromatic amines is 1. The molecule has 4 aromatic rings. The van der Waals surface area contributed by atoms with E-state index in [9.17, 15) is 27.2 Å². The van der Waals surface area contributed by atoms with Crippen molar-refractivity contribution in [3.63, 3.8) is 0 Å². The summed E-state index contributed by atoms with van der Waals surface area (Å²) in [5.74, 6) is -1.39. The summed E-state index contributed by atoms with van der Waals surface area (Å²) in [6.07, 6.45) is -2.47. The van der Waals surface area contributed by atoms with E-state index in [0.29, 0.717) is 33.8 Å². The zero-order valence-corrected chi connectivity index (χ0v) is 21.4. The quantitative estimate of drug-likeness (QED) is 0.301. The summed E-state index contributed by atoms with van der Waals surface area (Å²) in [6, 6.07) is 9.00. The van der Waals surface area contributed by atoms with Crippen LogP contribution in [0.15, 0.2) is 47.1 Å². The first-order valence-electron chi connectivity index (χ1n) is 12.9. The van der Waals surface area contributed by atoms with Gasteiger partial charge in [0.05, 0.1) is 6.42 Å². The minimum atomic E-state index is -4.47. The number of carbonyl (C=O) groups excluding carboxylic acids is 2. The second-order valence-corrected chi connectivity index (χ2v) is 10.7. The summed E-state index contributed by atoms with van der Waals surface area (Å²) in [6.45, 7) is 3.55. The molecule has 1 unspecified atom stereocenters. The van der Waals surface area contributed by atoms with Crippen LogP contribution in [0.4, 0.5) is 23.4 Å². The topological polar surface area (TPSA) is 104 Å². The smallest absolute Gasteiger partial charge is 0.358 e. The fourth-order valence-corrected chi connectivity index (χ4v) is 5.16. The van der Waals surface area contributed by atoms with Gasteiger partial charge >= 0.3 is 6.18 Å². The highest BCUT2D eigenvalue weighted by Gasteiger charge is 2.66. The molecule has 1 aromatic carbocycles. The van der Waals surface area contributed by atoms with Gasteiger partial charge in [0.2, 0.25) is 5.91 Å². The fraction of sp³-hybridized carbons (Fsp3) is 0.357. The Bertz CT molecular complexity index is 1620. The number of rotatable bonds is 6. The number of carbonyl (C=O) groups is 2. The number of H-pyrrole nitrogens is 1. The first-order valence-corrected chi connectivity index (χ1v) is 12.9. The van der Waals surface area contributed by atoms with Crippen molar-refractivity contribution in [2.24, 2.45) is 5.92 Å². The maximum atomic E-state index is 14.9. The van der Waals surface area contributed by atoms with Crippen molar-refractivity contribution >= 4 is 28.7 Å². The predicted molar refractivity (Wildman–Crippen MR) is 137 cm³/mol. The van der Waals surface area contributed by atoms with Crippen LogP contribution in [-0.4, -0.2) is 51.1 Å². The molecule has 2 aliphatic rings. The molecule has 1 saturated heterocycles. The number of benzene rings is 1. The minimum absolute atomic E-state index is 0.0770. The molecule has 0 spiro atoms. The summed E-state index contributed by atoms with van der Waals surface area (Å²) in [5, 5.41) is 6.60. The van der Waals surface area contributed by atoms with E-state index in [1.165, 1.54) is 12.1 Å². The molecule has 6 rings (SSSR count). The van der Waals surface area contributed by atoms with Gasteiger partial charge in [-0.2, -0.15) is 13.2 Å². The van der Waals surface area contributed by atoms with Crippen LogP contribution < -0.4 is 5.32 Å². The standard InChI is InChI=1S/C28H25F4N5O3/c1-15-4-7-37(14-15)26(39)21-10-18-8-19(13-33-25(18)34-21)16-2-3-17(20(29)9-16)11-24(38)35-23-12-22(40-36-23)27(5-6-27)28(30,31)32/h2-3,8-10,12-13,15H,4-7,11,14H2,1H3,(H,33,34)(H,35,36,38). The van der Waals surface area contributed by atoms with Gasteiger partial charge in [0, 0.05) is 36.3 Å². The first-order chi connectivity index (χ1) is 19.0. The lowest BCUT2D eigenvalue weighted by molar-refractivity contribution is -0.165. The molecule has 4 heterocycles. The number of fused-ring (bicyclic) bond motifs is 1. The summed E-state index contributed by atoms with van der Waals surface area (Å²) < 4.78 is 59.6. The van der Waals surface area contributed by atoms with Crippen molar-refractivity contribution < 1.29 is 31.7 Å². The van der Waals surface area contributed by atoms with Gasteiger partial charge in [-0.05, 0) is 54.5 Å². The van der Waals surface area contributed by atoms with Crippen LogP contribution in [0.3, 0.4) is 0 Å². The van der Waals surface area contributed by atoms with E-state index >= 15 is 0 Å². The van der Waals surface area contributed by atoms with E-state index in [4.69, 9.17) is 4.52 Å². The Morgan fingerprint density at radius 3 is 2.65 bits per heavy atom. The molecule has 1 aliphatic heterocycles. The number of alkyl halides is 3. The molecular formula is C28H25F4N5O3. The van der Waals surface area contributed by atoms with Crippen molar-refractivity contribution in [3.8, 4) is 11.1 Å². The summed E-state index contributed by atoms with van der Waals surface area (Å²) in [7, 11) is 0. The van der Waals surface area contributed by atoms with Gasteiger partial charge in [0.15, 0.2) is 11.6 Å². The number of hydrogen-bond donors (Lipinski definition) is 2. The van der Waals surface area contributed by atoms with Crippen molar-refractivity contribution in [3.05, 3.63) is 65.4 Å². The fourth-order valence-electron chi connectivity index (χ4n) is 5.16. The van der Waals surface area contributed by atoms with Gasteiger partial charge in [-0.25, -0.2) is 9.37 Å². The maximum absolute atomic E-state index is 14.9. The third-order valence-corrected chi connectivity index (χ3v) is 7.69. The van der Waals surface area contributed by atoms with Crippen LogP contribution in [-0.2, 0) is 16.6 Å². The average molecular weight is 556 g/mol. The predicted octanol–water partition coefficient (Wildman–Crippen LogP) is 5.61. The highest BCUT2D eigenvalue weighted by molar-refractivity contribution is 5.98. The zero-order valence-electron chi connectivity index (χ0n) is 21.4. The molecule has 1 saturated carbocycles. The average Bonchev–Trinajstić information content (AvgIpc) is 3.21. The van der Waals surface area contributed by atoms with E-state index in [1.54, 1.807) is 24.4 Å². The SMILES string of the molecule is CC1CCN(C(=O)c2cc3cc(-c4ccc(CC(=O)Nc5cc(C6(C(F)(F)F)CC6)on5)c(F)c4)cnc3[nH]2)C1. The Morgan fingerprint density at radius 2 is 1.98 bits per heavy atom. The Labute approximate surface area is 225 Å². The van der Waals surface area contributed by atoms with Gasteiger partial charge in [0.25, 0.3) is 5.91 Å². The molecule has 2 amide bonds. The van der Waals surface area contributed by atoms with Crippen molar-refractivity contribution in [2.75, 3.05) is 18.4 Å². The zero-order chi connectivity index (χ0) is 28.2. The van der Waals surface area contributed by atoms with Crippen LogP contribution in [0, 0.1) is 11.7 Å². The lowest BCUT2D eigenvalue weighted by atomic mass is 10.0. The maximum Gasteiger partial charge on any atom is 0.401 e. The number of aromatic nitrogens is 3. The molecule has 2 fully saturated rings. The van der Waals surface area contributed by atoms with E-state index in [1.807, 2.05) is 4.90 Å². The Hall–Kier alpha value is -4.22. The normalized spacial score (nSPS) is 18.3. The third kappa shape index (κ3) is 4.71. The van der Waals surface area contributed by atoms with Gasteiger partial charge in [-0.3, -0.25) is 9.59 Å². The molecule has 2 N–H and O–H groups in total. The minimum Gasteiger partial charge on any atom is -0.358 e. The number of pyridine rings is 1. The Morgan fingerprint density at radius 1 is 1.18 bits per heavy atom. The molecule has 1 atom stereocenters. The van der Waals surface area contributed by atoms with E-state index in [2.05, 4.69) is 27.4 Å². The Kier molecular flexibility index (Phi) is 6.15. The lowest BCUT2D eigenvalue weighted by Gasteiger charge is -2.14. The number of amides is 2. The van der Waals surface area contributed by atoms with Crippen LogP contribution >= 0.6 is 0 Å². The number of anilines is 1. The van der Waals surface area contributed by atoms with E-state index in [-0.39, 0.29) is 42.3 Å². The van der Waals surface area contributed by atoms with Gasteiger partial charge < -0.3 is 19.7 Å². The summed E-state index contributed by atoms with van der Waals surface area (Å²) in [5.41, 5.74) is 0.207. The molecule has 0 bridgehead atoms. The molecule has 8 nitrogen and oxygen atoms in total. The number of halogens is 4. The van der Waals surface area contributed by atoms with Crippen LogP contribution in [0.25, 0.3) is 22.2 Å². The highest BCUT2D eigenvalue weighted by Crippen LogP contribution is 2.59. The lowest BCUT2D eigenvalue weighted by Crippen LogP contribution is -2.28. The molecule has 208 valence electrons. The summed E-state index contributed by atoms with van der Waals surface area (Å²) in [4.78, 5) is 34.5. The molecule has 3 aromatic heterocycles. The summed E-state index contributed by atoms with van der Waals surface area (Å²) >= 11 is 0. The van der Waals surface area contributed by atoms with Gasteiger partial charge in [-0.15, -0.1) is 0 Å². The number of nitrogens with one attached hydrogen (secondary N) is 2. The number of hydrogen-bond acceptors (Lipinski definition) is 5. The first kappa shape index (κ1) is 26.0. The number of likely N-dealkylation sites (tertiary alicyclic amines) is 1. The Balaban J connectivity index is 1.13. The second-order valence-electron chi connectivity index (χ2n) is 10.7. The van der Waals surface area contributed by atoms with Crippen molar-refractivity contribution in [2.45, 2.75) is 44.2 Å². The largest absolute Gasteiger partial charge is 0.401 e. The van der Waals surface area contributed by atoms with Gasteiger partial charge in [0.1, 0.15) is 22.6 Å². The molecular weight excluding hydrogens is 530 g/mol. The molecule has 12 heteroatoms. The van der Waals surface area contributed by atoms with E-state index < -0.39 is 23.3 Å². The third-order valence-electron chi connectivity index (χ3n) is 7.69. The van der Waals surface area contributed by atoms with Crippen molar-refractivity contribution in [1.82, 2.24) is 20.0 Å². The molecule has 0 radical (unpaired) electrons. The molecule has 40 heavy (non-hydrogen) atoms. The van der Waals surface area contributed by atoms with Crippen LogP contribution in [0.5, 0.6) is 0 Å². The van der Waals surface area contributed by atoms with E-state index in [0.717, 1.165) is 25.6 Å². The van der Waals surface area contributed by atoms with Gasteiger partial charge in [-0.1, -0.05) is 24.2 Å². The number of nitrogens with zero attached hydrogens (tertiary/aromatic N) is 3. The van der Waals surface area contributed by atoms with Crippen LogP contribution in [0.1, 0.15) is 48.0 Å². The highest BCUT2D eigenvalue weighted by atomic mass is 19.4. The molecule has 1 aliphatic carbocycles.